The number of halogens is 3. The van der Waals surface area contributed by atoms with Gasteiger partial charge in [0.05, 0.1) is 12.6 Å². The van der Waals surface area contributed by atoms with Crippen LogP contribution in [0.3, 0.4) is 0 Å². The van der Waals surface area contributed by atoms with Crippen LogP contribution in [-0.2, 0) is 4.74 Å². The van der Waals surface area contributed by atoms with Gasteiger partial charge in [0, 0.05) is 25.3 Å². The fraction of sp³-hybridized carbons (Fsp3) is 0.600. The summed E-state index contributed by atoms with van der Waals surface area (Å²) in [5, 5.41) is 3.06. The van der Waals surface area contributed by atoms with Crippen molar-refractivity contribution in [1.29, 1.82) is 0 Å². The predicted molar refractivity (Wildman–Crippen MR) is 79.3 cm³/mol. The molecule has 1 unspecified atom stereocenters. The molecule has 0 amide bonds. The van der Waals surface area contributed by atoms with E-state index in [0.717, 1.165) is 0 Å². The van der Waals surface area contributed by atoms with Gasteiger partial charge in [-0.2, -0.15) is 13.2 Å². The van der Waals surface area contributed by atoms with Gasteiger partial charge < -0.3 is 10.1 Å². The van der Waals surface area contributed by atoms with Crippen LogP contribution in [0, 0.1) is 0 Å². The molecule has 2 rings (SSSR count). The summed E-state index contributed by atoms with van der Waals surface area (Å²) in [7, 11) is 0. The number of aromatic nitrogens is 1. The summed E-state index contributed by atoms with van der Waals surface area (Å²) < 4.78 is 42.4. The van der Waals surface area contributed by atoms with E-state index < -0.39 is 18.7 Å². The van der Waals surface area contributed by atoms with E-state index in [1.165, 1.54) is 11.1 Å². The van der Waals surface area contributed by atoms with Crippen LogP contribution in [0.15, 0.2) is 18.3 Å². The summed E-state index contributed by atoms with van der Waals surface area (Å²) in [4.78, 5) is 17.5. The molecule has 128 valence electrons. The summed E-state index contributed by atoms with van der Waals surface area (Å²) in [6, 6.07) is 3.02. The fourth-order valence-corrected chi connectivity index (χ4v) is 2.50. The molecule has 5 nitrogen and oxygen atoms in total. The SMILES string of the molecule is CC(C)OC(=O)c1cccnc1NC1CCN(CC(F)(F)F)C1. The van der Waals surface area contributed by atoms with Gasteiger partial charge in [-0.05, 0) is 32.4 Å². The van der Waals surface area contributed by atoms with Crippen molar-refractivity contribution < 1.29 is 22.7 Å². The van der Waals surface area contributed by atoms with E-state index in [4.69, 9.17) is 4.74 Å². The highest BCUT2D eigenvalue weighted by Gasteiger charge is 2.34. The minimum Gasteiger partial charge on any atom is -0.459 e. The number of nitrogens with one attached hydrogen (secondary N) is 1. The second-order valence-electron chi connectivity index (χ2n) is 5.83. The van der Waals surface area contributed by atoms with Gasteiger partial charge in [0.15, 0.2) is 0 Å². The molecule has 0 aromatic carbocycles. The first kappa shape index (κ1) is 17.5. The summed E-state index contributed by atoms with van der Waals surface area (Å²) in [5.74, 6) is -0.155. The Kier molecular flexibility index (Phi) is 5.46. The van der Waals surface area contributed by atoms with Crippen LogP contribution in [0.5, 0.6) is 0 Å². The number of esters is 1. The Hall–Kier alpha value is -1.83. The van der Waals surface area contributed by atoms with Gasteiger partial charge in [0.25, 0.3) is 0 Å². The third kappa shape index (κ3) is 5.38. The molecule has 2 heterocycles. The Morgan fingerprint density at radius 1 is 1.52 bits per heavy atom. The molecule has 0 aliphatic carbocycles. The third-order valence-corrected chi connectivity index (χ3v) is 3.39. The van der Waals surface area contributed by atoms with Crippen molar-refractivity contribution in [3.63, 3.8) is 0 Å². The van der Waals surface area contributed by atoms with Crippen LogP contribution in [0.4, 0.5) is 19.0 Å². The van der Waals surface area contributed by atoms with Crippen molar-refractivity contribution in [3.05, 3.63) is 23.9 Å². The largest absolute Gasteiger partial charge is 0.459 e. The lowest BCUT2D eigenvalue weighted by molar-refractivity contribution is -0.143. The van der Waals surface area contributed by atoms with E-state index in [9.17, 15) is 18.0 Å². The quantitative estimate of drug-likeness (QED) is 0.841. The number of carbonyl (C=O) groups is 1. The van der Waals surface area contributed by atoms with Crippen molar-refractivity contribution in [2.45, 2.75) is 38.6 Å². The zero-order valence-electron chi connectivity index (χ0n) is 13.1. The second-order valence-corrected chi connectivity index (χ2v) is 5.83. The fourth-order valence-electron chi connectivity index (χ4n) is 2.50. The molecule has 0 bridgehead atoms. The number of nitrogens with zero attached hydrogens (tertiary/aromatic N) is 2. The molecule has 1 saturated heterocycles. The lowest BCUT2D eigenvalue weighted by atomic mass is 10.2. The average molecular weight is 331 g/mol. The molecule has 1 aromatic heterocycles. The predicted octanol–water partition coefficient (Wildman–Crippen LogP) is 2.70. The van der Waals surface area contributed by atoms with Crippen molar-refractivity contribution in [2.24, 2.45) is 0 Å². The van der Waals surface area contributed by atoms with E-state index in [1.54, 1.807) is 26.0 Å². The molecular weight excluding hydrogens is 311 g/mol. The molecule has 1 fully saturated rings. The molecule has 1 aromatic rings. The van der Waals surface area contributed by atoms with Crippen molar-refractivity contribution in [1.82, 2.24) is 9.88 Å². The number of anilines is 1. The smallest absolute Gasteiger partial charge is 0.401 e. The van der Waals surface area contributed by atoms with Gasteiger partial charge in [-0.1, -0.05) is 0 Å². The monoisotopic (exact) mass is 331 g/mol. The maximum Gasteiger partial charge on any atom is 0.401 e. The zero-order valence-corrected chi connectivity index (χ0v) is 13.1. The van der Waals surface area contributed by atoms with E-state index in [-0.39, 0.29) is 24.3 Å². The Balaban J connectivity index is 2.00. The number of likely N-dealkylation sites (tertiary alicyclic amines) is 1. The molecule has 1 aliphatic rings. The van der Waals surface area contributed by atoms with E-state index in [0.29, 0.717) is 18.8 Å². The van der Waals surface area contributed by atoms with Crippen LogP contribution < -0.4 is 5.32 Å². The summed E-state index contributed by atoms with van der Waals surface area (Å²) in [6.45, 7) is 3.18. The first-order chi connectivity index (χ1) is 10.7. The van der Waals surface area contributed by atoms with Gasteiger partial charge >= 0.3 is 12.1 Å². The highest BCUT2D eigenvalue weighted by atomic mass is 19.4. The summed E-state index contributed by atoms with van der Waals surface area (Å²) in [5.41, 5.74) is 0.287. The second kappa shape index (κ2) is 7.16. The average Bonchev–Trinajstić information content (AvgIpc) is 2.83. The number of hydrogen-bond donors (Lipinski definition) is 1. The lowest BCUT2D eigenvalue weighted by Gasteiger charge is -2.19. The Morgan fingerprint density at radius 2 is 2.26 bits per heavy atom. The van der Waals surface area contributed by atoms with Crippen LogP contribution in [-0.4, -0.2) is 53.8 Å². The number of rotatable bonds is 5. The van der Waals surface area contributed by atoms with Crippen LogP contribution >= 0.6 is 0 Å². The number of alkyl halides is 3. The maximum absolute atomic E-state index is 12.4. The summed E-state index contributed by atoms with van der Waals surface area (Å²) >= 11 is 0. The van der Waals surface area contributed by atoms with Crippen LogP contribution in [0.1, 0.15) is 30.6 Å². The first-order valence-corrected chi connectivity index (χ1v) is 7.46. The molecule has 1 N–H and O–H groups in total. The van der Waals surface area contributed by atoms with Gasteiger partial charge in [0.2, 0.25) is 0 Å². The topological polar surface area (TPSA) is 54.5 Å². The first-order valence-electron chi connectivity index (χ1n) is 7.46. The number of hydrogen-bond acceptors (Lipinski definition) is 5. The highest BCUT2D eigenvalue weighted by molar-refractivity contribution is 5.94. The lowest BCUT2D eigenvalue weighted by Crippen LogP contribution is -2.34. The van der Waals surface area contributed by atoms with Crippen LogP contribution in [0.2, 0.25) is 0 Å². The Bertz CT molecular complexity index is 549. The number of ether oxygens (including phenoxy) is 1. The molecular formula is C15H20F3N3O2. The van der Waals surface area contributed by atoms with E-state index in [1.807, 2.05) is 0 Å². The van der Waals surface area contributed by atoms with Gasteiger partial charge in [-0.15, -0.1) is 0 Å². The highest BCUT2D eigenvalue weighted by Crippen LogP contribution is 2.22. The molecule has 1 aliphatic heterocycles. The van der Waals surface area contributed by atoms with Gasteiger partial charge in [-0.3, -0.25) is 4.90 Å². The standard InChI is InChI=1S/C15H20F3N3O2/c1-10(2)23-14(22)12-4-3-6-19-13(12)20-11-5-7-21(8-11)9-15(16,17)18/h3-4,6,10-11H,5,7-9H2,1-2H3,(H,19,20). The molecule has 1 atom stereocenters. The Labute approximate surface area is 132 Å². The normalized spacial score (nSPS) is 19.1. The van der Waals surface area contributed by atoms with Crippen molar-refractivity contribution in [3.8, 4) is 0 Å². The minimum atomic E-state index is -4.20. The molecule has 8 heteroatoms. The molecule has 23 heavy (non-hydrogen) atoms. The van der Waals surface area contributed by atoms with Gasteiger partial charge in [0.1, 0.15) is 11.4 Å². The third-order valence-electron chi connectivity index (χ3n) is 3.39. The minimum absolute atomic E-state index is 0.183. The van der Waals surface area contributed by atoms with Crippen molar-refractivity contribution >= 4 is 11.8 Å². The van der Waals surface area contributed by atoms with E-state index >= 15 is 0 Å². The number of carbonyl (C=O) groups excluding carboxylic acids is 1. The molecule has 0 spiro atoms. The zero-order chi connectivity index (χ0) is 17.0. The maximum atomic E-state index is 12.4. The Morgan fingerprint density at radius 3 is 2.91 bits per heavy atom. The number of pyridine rings is 1. The van der Waals surface area contributed by atoms with Crippen LogP contribution in [0.25, 0.3) is 0 Å². The van der Waals surface area contributed by atoms with E-state index in [2.05, 4.69) is 10.3 Å². The van der Waals surface area contributed by atoms with Crippen molar-refractivity contribution in [2.75, 3.05) is 25.0 Å². The molecule has 0 radical (unpaired) electrons. The summed E-state index contributed by atoms with van der Waals surface area (Å²) in [6.07, 6.45) is -2.38. The van der Waals surface area contributed by atoms with Gasteiger partial charge in [-0.25, -0.2) is 9.78 Å². The molecule has 0 saturated carbocycles.